The number of nitrogens with one attached hydrogen (secondary N) is 1. The Kier molecular flexibility index (Phi) is 8.51. The molecule has 3 aromatic rings. The molecule has 180 valence electrons. The highest BCUT2D eigenvalue weighted by atomic mass is 15.2. The summed E-state index contributed by atoms with van der Waals surface area (Å²) >= 11 is 0. The van der Waals surface area contributed by atoms with Crippen molar-refractivity contribution in [3.8, 4) is 17.5 Å². The maximum atomic E-state index is 9.36. The van der Waals surface area contributed by atoms with Crippen molar-refractivity contribution in [1.29, 1.82) is 5.26 Å². The van der Waals surface area contributed by atoms with Crippen molar-refractivity contribution in [3.63, 3.8) is 0 Å². The second-order valence-corrected chi connectivity index (χ2v) is 9.31. The van der Waals surface area contributed by atoms with Gasteiger partial charge in [0.25, 0.3) is 0 Å². The minimum atomic E-state index is 0.519. The fraction of sp³-hybridized carbons (Fsp3) is 0.519. The molecule has 2 fully saturated rings. The fourth-order valence-corrected chi connectivity index (χ4v) is 4.76. The summed E-state index contributed by atoms with van der Waals surface area (Å²) in [6.45, 7) is 12.2. The highest BCUT2D eigenvalue weighted by molar-refractivity contribution is 5.88. The minimum Gasteiger partial charge on any atom is -0.311 e. The Balaban J connectivity index is 0.000000243. The number of benzene rings is 1. The van der Waals surface area contributed by atoms with Crippen LogP contribution in [0.2, 0.25) is 0 Å². The normalized spacial score (nSPS) is 20.5. The van der Waals surface area contributed by atoms with Crippen LogP contribution in [0.15, 0.2) is 29.5 Å². The molecule has 2 saturated heterocycles. The van der Waals surface area contributed by atoms with Crippen LogP contribution in [-0.2, 0) is 7.05 Å². The maximum absolute atomic E-state index is 9.36. The molecular weight excluding hydrogens is 422 g/mol. The number of piperidine rings is 1. The number of rotatable bonds is 2. The van der Waals surface area contributed by atoms with Crippen LogP contribution in [0.3, 0.4) is 0 Å². The molecule has 0 spiro atoms. The van der Waals surface area contributed by atoms with Crippen LogP contribution in [0.25, 0.3) is 22.3 Å². The van der Waals surface area contributed by atoms with Crippen LogP contribution in [-0.4, -0.2) is 37.5 Å². The average Bonchev–Trinajstić information content (AvgIpc) is 3.36. The Morgan fingerprint density at radius 1 is 1.18 bits per heavy atom. The first-order chi connectivity index (χ1) is 16.3. The van der Waals surface area contributed by atoms with E-state index in [1.165, 1.54) is 25.7 Å². The Hall–Kier alpha value is -3.11. The Morgan fingerprint density at radius 3 is 2.44 bits per heavy atom. The zero-order valence-electron chi connectivity index (χ0n) is 21.6. The minimum absolute atomic E-state index is 0.519. The molecule has 2 unspecified atom stereocenters. The lowest BCUT2D eigenvalue weighted by atomic mass is 9.95. The van der Waals surface area contributed by atoms with Crippen molar-refractivity contribution in [2.24, 2.45) is 18.0 Å². The van der Waals surface area contributed by atoms with Crippen molar-refractivity contribution in [3.05, 3.63) is 35.8 Å². The van der Waals surface area contributed by atoms with Gasteiger partial charge < -0.3 is 5.32 Å². The van der Waals surface area contributed by atoms with Gasteiger partial charge in [-0.15, -0.1) is 0 Å². The molecule has 0 aliphatic carbocycles. The first kappa shape index (κ1) is 25.5. The van der Waals surface area contributed by atoms with Gasteiger partial charge in [-0.25, -0.2) is 9.97 Å². The molecule has 2 atom stereocenters. The third kappa shape index (κ3) is 6.06. The number of nitrogens with zero attached hydrogens (tertiary/aromatic N) is 6. The molecule has 4 heterocycles. The van der Waals surface area contributed by atoms with Crippen molar-refractivity contribution < 1.29 is 0 Å². The number of nitriles is 1. The topological polar surface area (TPSA) is 91.8 Å². The molecule has 2 aliphatic heterocycles. The first-order valence-corrected chi connectivity index (χ1v) is 12.3. The van der Waals surface area contributed by atoms with E-state index in [1.807, 2.05) is 53.9 Å². The van der Waals surface area contributed by atoms with E-state index in [2.05, 4.69) is 38.4 Å². The van der Waals surface area contributed by atoms with Crippen molar-refractivity contribution in [2.45, 2.75) is 79.3 Å². The standard InChI is InChI=1S/C17H16N6.C8H15N.C2H6/c1-10(2)20-15-8-19-17(21-11(15)3)12-5-13(7-18)16-14(6-12)9-23(4)22-16;1-6-4-7-2-3-8(5-6)9-7;1-2/h5-6,8-9H,1-4H3;6-9H,2-5H2,1H3;1-2H3. The van der Waals surface area contributed by atoms with Crippen LogP contribution < -0.4 is 5.32 Å². The molecule has 7 nitrogen and oxygen atoms in total. The number of aromatic nitrogens is 4. The molecule has 0 radical (unpaired) electrons. The lowest BCUT2D eigenvalue weighted by Gasteiger charge is -2.25. The monoisotopic (exact) mass is 459 g/mol. The van der Waals surface area contributed by atoms with Crippen molar-refractivity contribution >= 4 is 22.3 Å². The van der Waals surface area contributed by atoms with Crippen LogP contribution in [0, 0.1) is 24.2 Å². The maximum Gasteiger partial charge on any atom is 0.159 e. The third-order valence-corrected chi connectivity index (χ3v) is 6.11. The molecule has 0 amide bonds. The van der Waals surface area contributed by atoms with Gasteiger partial charge >= 0.3 is 0 Å². The number of hydrogen-bond acceptors (Lipinski definition) is 6. The molecular formula is C27H37N7. The lowest BCUT2D eigenvalue weighted by molar-refractivity contribution is 0.319. The smallest absolute Gasteiger partial charge is 0.159 e. The van der Waals surface area contributed by atoms with Gasteiger partial charge in [-0.2, -0.15) is 10.4 Å². The van der Waals surface area contributed by atoms with Gasteiger partial charge in [-0.3, -0.25) is 9.67 Å². The molecule has 2 aliphatic rings. The predicted molar refractivity (Wildman–Crippen MR) is 139 cm³/mol. The molecule has 1 aromatic carbocycles. The number of hydrogen-bond donors (Lipinski definition) is 1. The molecule has 5 rings (SSSR count). The van der Waals surface area contributed by atoms with E-state index in [0.717, 1.165) is 46.0 Å². The van der Waals surface area contributed by atoms with Gasteiger partial charge in [0.15, 0.2) is 5.82 Å². The summed E-state index contributed by atoms with van der Waals surface area (Å²) in [6, 6.07) is 7.69. The molecule has 7 heteroatoms. The van der Waals surface area contributed by atoms with E-state index in [4.69, 9.17) is 0 Å². The number of fused-ring (bicyclic) bond motifs is 3. The van der Waals surface area contributed by atoms with E-state index >= 15 is 0 Å². The highest BCUT2D eigenvalue weighted by Gasteiger charge is 2.30. The summed E-state index contributed by atoms with van der Waals surface area (Å²) in [5.74, 6) is 1.57. The van der Waals surface area contributed by atoms with E-state index in [0.29, 0.717) is 16.9 Å². The molecule has 1 N–H and O–H groups in total. The van der Waals surface area contributed by atoms with Crippen molar-refractivity contribution in [1.82, 2.24) is 25.1 Å². The molecule has 2 bridgehead atoms. The van der Waals surface area contributed by atoms with Crippen LogP contribution in [0.1, 0.15) is 71.6 Å². The van der Waals surface area contributed by atoms with Crippen LogP contribution >= 0.6 is 0 Å². The van der Waals surface area contributed by atoms with Crippen LogP contribution in [0.5, 0.6) is 0 Å². The summed E-state index contributed by atoms with van der Waals surface area (Å²) in [5, 5.41) is 18.2. The SMILES string of the molecule is CC.CC(C)=Nc1cnc(-c2cc(C#N)c3nn(C)cc3c2)nc1C.CC1CC2CCC(C1)N2. The fourth-order valence-electron chi connectivity index (χ4n) is 4.76. The Morgan fingerprint density at radius 2 is 1.85 bits per heavy atom. The van der Waals surface area contributed by atoms with Gasteiger partial charge in [-0.05, 0) is 64.5 Å². The van der Waals surface area contributed by atoms with Crippen molar-refractivity contribution in [2.75, 3.05) is 0 Å². The molecule has 2 aromatic heterocycles. The van der Waals surface area contributed by atoms with Gasteiger partial charge in [0.1, 0.15) is 17.3 Å². The Bertz CT molecular complexity index is 1190. The highest BCUT2D eigenvalue weighted by Crippen LogP contribution is 2.30. The molecule has 34 heavy (non-hydrogen) atoms. The largest absolute Gasteiger partial charge is 0.311 e. The van der Waals surface area contributed by atoms with Gasteiger partial charge in [-0.1, -0.05) is 20.8 Å². The van der Waals surface area contributed by atoms with E-state index in [9.17, 15) is 5.26 Å². The predicted octanol–water partition coefficient (Wildman–Crippen LogP) is 5.89. The summed E-state index contributed by atoms with van der Waals surface area (Å²) in [7, 11) is 1.83. The third-order valence-electron chi connectivity index (χ3n) is 6.11. The summed E-state index contributed by atoms with van der Waals surface area (Å²) in [5.41, 5.74) is 4.53. The quantitative estimate of drug-likeness (QED) is 0.483. The summed E-state index contributed by atoms with van der Waals surface area (Å²) in [6.07, 6.45) is 9.33. The van der Waals surface area contributed by atoms with E-state index < -0.39 is 0 Å². The average molecular weight is 460 g/mol. The second kappa shape index (κ2) is 11.3. The van der Waals surface area contributed by atoms with E-state index in [1.54, 1.807) is 16.9 Å². The van der Waals surface area contributed by atoms with Crippen LogP contribution in [0.4, 0.5) is 5.69 Å². The first-order valence-electron chi connectivity index (χ1n) is 12.3. The van der Waals surface area contributed by atoms with Gasteiger partial charge in [0.2, 0.25) is 0 Å². The zero-order valence-corrected chi connectivity index (χ0v) is 21.6. The van der Waals surface area contributed by atoms with Gasteiger partial charge in [0.05, 0.1) is 17.5 Å². The van der Waals surface area contributed by atoms with Gasteiger partial charge in [0, 0.05) is 42.0 Å². The molecule has 0 saturated carbocycles. The summed E-state index contributed by atoms with van der Waals surface area (Å²) < 4.78 is 1.70. The lowest BCUT2D eigenvalue weighted by Crippen LogP contribution is -2.37. The number of aryl methyl sites for hydroxylation is 2. The van der Waals surface area contributed by atoms with E-state index in [-0.39, 0.29) is 0 Å². The second-order valence-electron chi connectivity index (χ2n) is 9.31. The number of aliphatic imine (C=N–C) groups is 1. The Labute approximate surface area is 203 Å². The zero-order chi connectivity index (χ0) is 24.8. The summed E-state index contributed by atoms with van der Waals surface area (Å²) in [4.78, 5) is 13.3.